The Labute approximate surface area is 269 Å². The number of benzene rings is 1. The summed E-state index contributed by atoms with van der Waals surface area (Å²) in [4.78, 5) is 38.0. The summed E-state index contributed by atoms with van der Waals surface area (Å²) in [5, 5.41) is 9.19. The minimum absolute atomic E-state index is 0.0372. The van der Waals surface area contributed by atoms with Crippen LogP contribution >= 0.6 is 0 Å². The maximum absolute atomic E-state index is 13.3. The SMILES string of the molecule is C[C@H](C(=O)N1C(=O)OC[C@H]1Cc1ccccc1)C(C)(C)O[Si](C)(C)C(C)(C)C.C[C@H](C(=O)O)C(C)(C)O[Si](C)(C)C(C)(C)C. The molecule has 1 aliphatic heterocycles. The van der Waals surface area contributed by atoms with Gasteiger partial charge in [-0.3, -0.25) is 9.59 Å². The number of hydrogen-bond donors (Lipinski definition) is 1. The first-order valence-electron chi connectivity index (χ1n) is 15.7. The Morgan fingerprint density at radius 1 is 0.841 bits per heavy atom. The molecule has 0 aliphatic carbocycles. The van der Waals surface area contributed by atoms with Gasteiger partial charge in [0.05, 0.1) is 29.1 Å². The number of carbonyl (C=O) groups is 3. The van der Waals surface area contributed by atoms with Crippen LogP contribution in [0.1, 0.15) is 88.6 Å². The summed E-state index contributed by atoms with van der Waals surface area (Å²) in [6.45, 7) is 33.0. The topological polar surface area (TPSA) is 102 Å². The van der Waals surface area contributed by atoms with Crippen molar-refractivity contribution in [3.8, 4) is 0 Å². The monoisotopic (exact) mass is 651 g/mol. The van der Waals surface area contributed by atoms with Crippen molar-refractivity contribution in [2.24, 2.45) is 11.8 Å². The molecule has 44 heavy (non-hydrogen) atoms. The van der Waals surface area contributed by atoms with Crippen LogP contribution in [-0.2, 0) is 29.6 Å². The Morgan fingerprint density at radius 2 is 1.25 bits per heavy atom. The summed E-state index contributed by atoms with van der Waals surface area (Å²) < 4.78 is 18.0. The van der Waals surface area contributed by atoms with Gasteiger partial charge in [0.1, 0.15) is 6.61 Å². The van der Waals surface area contributed by atoms with E-state index in [0.717, 1.165) is 5.56 Å². The van der Waals surface area contributed by atoms with E-state index in [9.17, 15) is 14.4 Å². The highest BCUT2D eigenvalue weighted by Crippen LogP contribution is 2.42. The molecule has 0 aromatic heterocycles. The van der Waals surface area contributed by atoms with Crippen molar-refractivity contribution in [2.75, 3.05) is 6.61 Å². The van der Waals surface area contributed by atoms with Crippen LogP contribution in [0, 0.1) is 11.8 Å². The number of carboxylic acid groups (broad SMARTS) is 1. The number of carboxylic acids is 1. The Morgan fingerprint density at radius 3 is 1.64 bits per heavy atom. The molecular weight excluding hydrogens is 591 g/mol. The molecule has 252 valence electrons. The number of amides is 2. The summed E-state index contributed by atoms with van der Waals surface area (Å²) in [7, 11) is -3.98. The number of cyclic esters (lactones) is 1. The van der Waals surface area contributed by atoms with Crippen LogP contribution in [0.15, 0.2) is 30.3 Å². The molecule has 2 amide bonds. The molecule has 0 spiro atoms. The van der Waals surface area contributed by atoms with Gasteiger partial charge in [-0.05, 0) is 82.9 Å². The van der Waals surface area contributed by atoms with Gasteiger partial charge in [0, 0.05) is 0 Å². The number of carbonyl (C=O) groups excluding carboxylic acids is 2. The van der Waals surface area contributed by atoms with Crippen molar-refractivity contribution in [3.05, 3.63) is 35.9 Å². The normalized spacial score (nSPS) is 18.2. The Kier molecular flexibility index (Phi) is 12.9. The number of aliphatic carboxylic acids is 1. The van der Waals surface area contributed by atoms with Crippen molar-refractivity contribution in [1.29, 1.82) is 0 Å². The van der Waals surface area contributed by atoms with Crippen molar-refractivity contribution < 1.29 is 33.1 Å². The van der Waals surface area contributed by atoms with Gasteiger partial charge in [-0.15, -0.1) is 0 Å². The van der Waals surface area contributed by atoms with E-state index >= 15 is 0 Å². The second-order valence-corrected chi connectivity index (χ2v) is 25.8. The van der Waals surface area contributed by atoms with Gasteiger partial charge in [-0.25, -0.2) is 9.69 Å². The molecule has 8 nitrogen and oxygen atoms in total. The molecule has 0 unspecified atom stereocenters. The predicted octanol–water partition coefficient (Wildman–Crippen LogP) is 8.52. The summed E-state index contributed by atoms with van der Waals surface area (Å²) in [5.41, 5.74) is -0.220. The molecule has 1 aliphatic rings. The van der Waals surface area contributed by atoms with Gasteiger partial charge >= 0.3 is 12.1 Å². The zero-order valence-corrected chi connectivity index (χ0v) is 32.4. The van der Waals surface area contributed by atoms with Gasteiger partial charge in [0.25, 0.3) is 0 Å². The van der Waals surface area contributed by atoms with Crippen LogP contribution in [0.25, 0.3) is 0 Å². The summed E-state index contributed by atoms with van der Waals surface area (Å²) in [6, 6.07) is 9.58. The van der Waals surface area contributed by atoms with E-state index in [-0.39, 0.29) is 28.6 Å². The molecule has 1 aromatic carbocycles. The van der Waals surface area contributed by atoms with E-state index in [1.165, 1.54) is 4.90 Å². The largest absolute Gasteiger partial charge is 0.481 e. The van der Waals surface area contributed by atoms with Crippen LogP contribution < -0.4 is 0 Å². The Balaban J connectivity index is 0.000000517. The second-order valence-electron chi connectivity index (χ2n) is 16.3. The van der Waals surface area contributed by atoms with Gasteiger partial charge in [-0.1, -0.05) is 78.8 Å². The lowest BCUT2D eigenvalue weighted by Gasteiger charge is -2.45. The summed E-state index contributed by atoms with van der Waals surface area (Å²) in [5.74, 6) is -2.00. The minimum Gasteiger partial charge on any atom is -0.481 e. The molecule has 0 radical (unpaired) electrons. The third kappa shape index (κ3) is 10.3. The standard InChI is InChI=1S/C22H35NO4Si.C12H26O3Si/c1-16(22(5,6)27-28(7,8)21(2,3)4)19(24)23-18(15-26-20(23)25)14-17-12-10-9-11-13-17;1-9(10(13)14)12(5,6)15-16(7,8)11(2,3)4/h9-13,16,18H,14-15H2,1-8H3;9H,1-8H3,(H,13,14)/t16-,18-;9-/m11/s1. The lowest BCUT2D eigenvalue weighted by atomic mass is 9.91. The van der Waals surface area contributed by atoms with Gasteiger partial charge in [-0.2, -0.15) is 0 Å². The van der Waals surface area contributed by atoms with Crippen molar-refractivity contribution >= 4 is 34.6 Å². The first-order chi connectivity index (χ1) is 19.6. The number of rotatable bonds is 10. The van der Waals surface area contributed by atoms with Crippen molar-refractivity contribution in [3.63, 3.8) is 0 Å². The van der Waals surface area contributed by atoms with E-state index in [0.29, 0.717) is 6.42 Å². The van der Waals surface area contributed by atoms with Crippen molar-refractivity contribution in [1.82, 2.24) is 4.90 Å². The zero-order chi connectivity index (χ0) is 34.7. The summed E-state index contributed by atoms with van der Waals surface area (Å²) >= 11 is 0. The number of hydrogen-bond acceptors (Lipinski definition) is 6. The highest BCUT2D eigenvalue weighted by atomic mass is 28.4. The smallest absolute Gasteiger partial charge is 0.416 e. The fraction of sp³-hybridized carbons (Fsp3) is 0.735. The lowest BCUT2D eigenvalue weighted by Crippen LogP contribution is -2.54. The first-order valence-corrected chi connectivity index (χ1v) is 21.6. The lowest BCUT2D eigenvalue weighted by molar-refractivity contribution is -0.148. The van der Waals surface area contributed by atoms with Gasteiger partial charge in [0.2, 0.25) is 5.91 Å². The van der Waals surface area contributed by atoms with E-state index in [2.05, 4.69) is 67.7 Å². The zero-order valence-electron chi connectivity index (χ0n) is 30.4. The number of nitrogens with zero attached hydrogens (tertiary/aromatic N) is 1. The molecular formula is C34H61NO7Si2. The average molecular weight is 652 g/mol. The molecule has 3 atom stereocenters. The van der Waals surface area contributed by atoms with E-state index in [4.69, 9.17) is 18.7 Å². The Hall–Kier alpha value is -2.02. The number of imide groups is 1. The van der Waals surface area contributed by atoms with E-state index in [1.54, 1.807) is 6.92 Å². The fourth-order valence-corrected chi connectivity index (χ4v) is 7.96. The predicted molar refractivity (Wildman–Crippen MR) is 183 cm³/mol. The second kappa shape index (κ2) is 14.2. The van der Waals surface area contributed by atoms with Crippen LogP contribution in [0.5, 0.6) is 0 Å². The highest BCUT2D eigenvalue weighted by molar-refractivity contribution is 6.74. The summed E-state index contributed by atoms with van der Waals surface area (Å²) in [6.07, 6.45) is 0.0371. The van der Waals surface area contributed by atoms with Crippen LogP contribution in [-0.4, -0.2) is 68.5 Å². The van der Waals surface area contributed by atoms with Gasteiger partial charge < -0.3 is 18.7 Å². The van der Waals surface area contributed by atoms with Gasteiger partial charge in [0.15, 0.2) is 16.6 Å². The quantitative estimate of drug-likeness (QED) is 0.253. The number of ether oxygens (including phenoxy) is 1. The maximum Gasteiger partial charge on any atom is 0.416 e. The molecule has 1 aromatic rings. The van der Waals surface area contributed by atoms with E-state index < -0.39 is 51.7 Å². The molecule has 2 rings (SSSR count). The first kappa shape index (κ1) is 40.0. The van der Waals surface area contributed by atoms with Crippen molar-refractivity contribution in [2.45, 2.75) is 143 Å². The molecule has 1 saturated heterocycles. The molecule has 0 saturated carbocycles. The third-order valence-corrected chi connectivity index (χ3v) is 19.3. The minimum atomic E-state index is -2.07. The van der Waals surface area contributed by atoms with Crippen LogP contribution in [0.3, 0.4) is 0 Å². The maximum atomic E-state index is 13.3. The molecule has 1 heterocycles. The molecule has 0 bridgehead atoms. The van der Waals surface area contributed by atoms with Crippen LogP contribution in [0.4, 0.5) is 4.79 Å². The highest BCUT2D eigenvalue weighted by Gasteiger charge is 2.48. The van der Waals surface area contributed by atoms with Crippen LogP contribution in [0.2, 0.25) is 36.3 Å². The Bertz CT molecular complexity index is 1130. The third-order valence-electron chi connectivity index (χ3n) is 9.99. The molecule has 1 fully saturated rings. The molecule has 1 N–H and O–H groups in total. The fourth-order valence-electron chi connectivity index (χ4n) is 4.37. The molecule has 10 heteroatoms. The van der Waals surface area contributed by atoms with E-state index in [1.807, 2.05) is 65.0 Å². The average Bonchev–Trinajstić information content (AvgIpc) is 3.20.